The molecule has 24 heavy (non-hydrogen) atoms. The Bertz CT molecular complexity index is 824. The molecule has 0 spiro atoms. The Morgan fingerprint density at radius 3 is 2.71 bits per heavy atom. The van der Waals surface area contributed by atoms with Crippen LogP contribution in [0, 0.1) is 0 Å². The van der Waals surface area contributed by atoms with E-state index in [2.05, 4.69) is 22.4 Å². The summed E-state index contributed by atoms with van der Waals surface area (Å²) in [6, 6.07) is 18.0. The number of amides is 1. The minimum atomic E-state index is -0.0780. The van der Waals surface area contributed by atoms with E-state index in [1.54, 1.807) is 7.11 Å². The van der Waals surface area contributed by atoms with Crippen molar-refractivity contribution in [2.75, 3.05) is 7.11 Å². The Morgan fingerprint density at radius 2 is 1.96 bits per heavy atom. The molecule has 2 N–H and O–H groups in total. The molecule has 3 aromatic rings. The van der Waals surface area contributed by atoms with E-state index in [9.17, 15) is 4.79 Å². The van der Waals surface area contributed by atoms with E-state index in [-0.39, 0.29) is 11.9 Å². The minimum Gasteiger partial charge on any atom is -0.497 e. The summed E-state index contributed by atoms with van der Waals surface area (Å²) in [5, 5.41) is 4.02. The lowest BCUT2D eigenvalue weighted by Crippen LogP contribution is -2.33. The summed E-state index contributed by atoms with van der Waals surface area (Å²) >= 11 is 0. The van der Waals surface area contributed by atoms with Crippen molar-refractivity contribution >= 4 is 16.8 Å². The van der Waals surface area contributed by atoms with Crippen molar-refractivity contribution < 1.29 is 9.53 Å². The van der Waals surface area contributed by atoms with Gasteiger partial charge < -0.3 is 15.0 Å². The number of hydrogen-bond donors (Lipinski definition) is 2. The quantitative estimate of drug-likeness (QED) is 0.722. The zero-order valence-electron chi connectivity index (χ0n) is 14.0. The molecular weight excluding hydrogens is 300 g/mol. The molecular formula is C20H22N2O2. The Labute approximate surface area is 141 Å². The topological polar surface area (TPSA) is 54.1 Å². The lowest BCUT2D eigenvalue weighted by Gasteiger charge is -2.13. The minimum absolute atomic E-state index is 0.0780. The maximum Gasteiger partial charge on any atom is 0.267 e. The SMILES string of the molecule is COc1ccc2[nH]c(C(=O)NC(C)CCc3ccccc3)cc2c1. The van der Waals surface area contributed by atoms with Crippen molar-refractivity contribution in [2.45, 2.75) is 25.8 Å². The molecule has 0 radical (unpaired) electrons. The van der Waals surface area contributed by atoms with Crippen LogP contribution in [0.4, 0.5) is 0 Å². The number of fused-ring (bicyclic) bond motifs is 1. The molecule has 0 aliphatic carbocycles. The molecule has 0 aliphatic rings. The van der Waals surface area contributed by atoms with Gasteiger partial charge in [0.15, 0.2) is 0 Å². The van der Waals surface area contributed by atoms with Crippen molar-refractivity contribution in [3.8, 4) is 5.75 Å². The Hall–Kier alpha value is -2.75. The molecule has 1 aromatic heterocycles. The Balaban J connectivity index is 1.61. The summed E-state index contributed by atoms with van der Waals surface area (Å²) in [7, 11) is 1.63. The van der Waals surface area contributed by atoms with E-state index in [0.29, 0.717) is 5.69 Å². The molecule has 124 valence electrons. The Kier molecular flexibility index (Phi) is 4.85. The van der Waals surface area contributed by atoms with Gasteiger partial charge in [0.25, 0.3) is 5.91 Å². The number of aromatic amines is 1. The molecule has 1 unspecified atom stereocenters. The highest BCUT2D eigenvalue weighted by Crippen LogP contribution is 2.21. The van der Waals surface area contributed by atoms with Gasteiger partial charge in [-0.3, -0.25) is 4.79 Å². The van der Waals surface area contributed by atoms with Crippen LogP contribution in [0.2, 0.25) is 0 Å². The average Bonchev–Trinajstić information content (AvgIpc) is 3.04. The van der Waals surface area contributed by atoms with Crippen LogP contribution in [0.5, 0.6) is 5.75 Å². The number of benzene rings is 2. The molecule has 3 rings (SSSR count). The van der Waals surface area contributed by atoms with E-state index in [1.165, 1.54) is 5.56 Å². The molecule has 0 saturated carbocycles. The van der Waals surface area contributed by atoms with Gasteiger partial charge in [-0.2, -0.15) is 0 Å². The van der Waals surface area contributed by atoms with Gasteiger partial charge in [0.1, 0.15) is 11.4 Å². The van der Waals surface area contributed by atoms with Gasteiger partial charge in [-0.1, -0.05) is 30.3 Å². The lowest BCUT2D eigenvalue weighted by atomic mass is 10.1. The third kappa shape index (κ3) is 3.77. The van der Waals surface area contributed by atoms with Crippen LogP contribution in [-0.2, 0) is 6.42 Å². The highest BCUT2D eigenvalue weighted by atomic mass is 16.5. The lowest BCUT2D eigenvalue weighted by molar-refractivity contribution is 0.0934. The zero-order valence-corrected chi connectivity index (χ0v) is 14.0. The van der Waals surface area contributed by atoms with Crippen LogP contribution in [0.15, 0.2) is 54.6 Å². The monoisotopic (exact) mass is 322 g/mol. The fraction of sp³-hybridized carbons (Fsp3) is 0.250. The molecule has 1 heterocycles. The largest absolute Gasteiger partial charge is 0.497 e. The van der Waals surface area contributed by atoms with Gasteiger partial charge in [0, 0.05) is 16.9 Å². The van der Waals surface area contributed by atoms with Crippen LogP contribution in [0.3, 0.4) is 0 Å². The summed E-state index contributed by atoms with van der Waals surface area (Å²) in [5.41, 5.74) is 2.79. The average molecular weight is 322 g/mol. The van der Waals surface area contributed by atoms with Crippen molar-refractivity contribution in [1.82, 2.24) is 10.3 Å². The number of carbonyl (C=O) groups is 1. The van der Waals surface area contributed by atoms with Crippen LogP contribution in [-0.4, -0.2) is 24.0 Å². The van der Waals surface area contributed by atoms with Crippen molar-refractivity contribution in [1.29, 1.82) is 0 Å². The maximum absolute atomic E-state index is 12.4. The van der Waals surface area contributed by atoms with E-state index in [0.717, 1.165) is 29.5 Å². The standard InChI is InChI=1S/C20H22N2O2/c1-14(8-9-15-6-4-3-5-7-15)21-20(23)19-13-16-12-17(24-2)10-11-18(16)22-19/h3-7,10-14,22H,8-9H2,1-2H3,(H,21,23). The van der Waals surface area contributed by atoms with Crippen molar-refractivity contribution in [3.05, 3.63) is 65.9 Å². The van der Waals surface area contributed by atoms with E-state index >= 15 is 0 Å². The van der Waals surface area contributed by atoms with E-state index in [1.807, 2.05) is 49.4 Å². The molecule has 1 atom stereocenters. The second-order valence-electron chi connectivity index (χ2n) is 6.03. The smallest absolute Gasteiger partial charge is 0.267 e. The van der Waals surface area contributed by atoms with Crippen LogP contribution in [0.25, 0.3) is 10.9 Å². The number of ether oxygens (including phenoxy) is 1. The first kappa shape index (κ1) is 16.1. The zero-order chi connectivity index (χ0) is 16.9. The van der Waals surface area contributed by atoms with E-state index in [4.69, 9.17) is 4.74 Å². The number of nitrogens with one attached hydrogen (secondary N) is 2. The molecule has 0 aliphatic heterocycles. The number of aromatic nitrogens is 1. The van der Waals surface area contributed by atoms with Crippen LogP contribution in [0.1, 0.15) is 29.4 Å². The molecule has 4 nitrogen and oxygen atoms in total. The summed E-state index contributed by atoms with van der Waals surface area (Å²) in [6.07, 6.45) is 1.86. The summed E-state index contributed by atoms with van der Waals surface area (Å²) < 4.78 is 5.22. The van der Waals surface area contributed by atoms with Crippen molar-refractivity contribution in [2.24, 2.45) is 0 Å². The predicted octanol–water partition coefficient (Wildman–Crippen LogP) is 3.93. The molecule has 2 aromatic carbocycles. The number of H-pyrrole nitrogens is 1. The first-order valence-electron chi connectivity index (χ1n) is 8.17. The van der Waals surface area contributed by atoms with Gasteiger partial charge in [0.2, 0.25) is 0 Å². The molecule has 0 fully saturated rings. The number of aryl methyl sites for hydroxylation is 1. The highest BCUT2D eigenvalue weighted by Gasteiger charge is 2.13. The fourth-order valence-electron chi connectivity index (χ4n) is 2.76. The first-order valence-corrected chi connectivity index (χ1v) is 8.17. The molecule has 4 heteroatoms. The normalized spacial score (nSPS) is 12.1. The third-order valence-corrected chi connectivity index (χ3v) is 4.16. The van der Waals surface area contributed by atoms with Gasteiger partial charge in [-0.25, -0.2) is 0 Å². The number of methoxy groups -OCH3 is 1. The second kappa shape index (κ2) is 7.21. The highest BCUT2D eigenvalue weighted by molar-refractivity contribution is 5.98. The number of hydrogen-bond acceptors (Lipinski definition) is 2. The maximum atomic E-state index is 12.4. The molecule has 1 amide bonds. The fourth-order valence-corrected chi connectivity index (χ4v) is 2.76. The van der Waals surface area contributed by atoms with E-state index < -0.39 is 0 Å². The van der Waals surface area contributed by atoms with Gasteiger partial charge in [-0.05, 0) is 49.6 Å². The van der Waals surface area contributed by atoms with Crippen molar-refractivity contribution in [3.63, 3.8) is 0 Å². The van der Waals surface area contributed by atoms with Gasteiger partial charge >= 0.3 is 0 Å². The molecule has 0 saturated heterocycles. The van der Waals surface area contributed by atoms with Gasteiger partial charge in [-0.15, -0.1) is 0 Å². The summed E-state index contributed by atoms with van der Waals surface area (Å²) in [4.78, 5) is 15.6. The third-order valence-electron chi connectivity index (χ3n) is 4.16. The second-order valence-corrected chi connectivity index (χ2v) is 6.03. The molecule has 0 bridgehead atoms. The van der Waals surface area contributed by atoms with Gasteiger partial charge in [0.05, 0.1) is 7.11 Å². The number of carbonyl (C=O) groups excluding carboxylic acids is 1. The summed E-state index contributed by atoms with van der Waals surface area (Å²) in [5.74, 6) is 0.704. The summed E-state index contributed by atoms with van der Waals surface area (Å²) in [6.45, 7) is 2.03. The first-order chi connectivity index (χ1) is 11.7. The number of rotatable bonds is 6. The predicted molar refractivity (Wildman–Crippen MR) is 96.5 cm³/mol. The van der Waals surface area contributed by atoms with Crippen LogP contribution >= 0.6 is 0 Å². The van der Waals surface area contributed by atoms with Crippen LogP contribution < -0.4 is 10.1 Å². The Morgan fingerprint density at radius 1 is 1.17 bits per heavy atom.